The second-order valence-electron chi connectivity index (χ2n) is 3.87. The third-order valence-corrected chi connectivity index (χ3v) is 3.48. The summed E-state index contributed by atoms with van der Waals surface area (Å²) in [7, 11) is 0. The fourth-order valence-corrected chi connectivity index (χ4v) is 2.32. The van der Waals surface area contributed by atoms with Gasteiger partial charge in [-0.25, -0.2) is 4.98 Å². The first-order valence-electron chi connectivity index (χ1n) is 5.67. The van der Waals surface area contributed by atoms with Crippen LogP contribution in [0.15, 0.2) is 33.6 Å². The summed E-state index contributed by atoms with van der Waals surface area (Å²) in [6, 6.07) is 7.01. The fourth-order valence-electron chi connectivity index (χ4n) is 1.57. The number of aromatic hydroxyl groups is 1. The van der Waals surface area contributed by atoms with Crippen molar-refractivity contribution in [1.29, 1.82) is 0 Å². The summed E-state index contributed by atoms with van der Waals surface area (Å²) in [5.74, 6) is 2.33. The maximum Gasteiger partial charge on any atom is 0.204 e. The van der Waals surface area contributed by atoms with Gasteiger partial charge in [0.1, 0.15) is 11.5 Å². The summed E-state index contributed by atoms with van der Waals surface area (Å²) >= 11 is 1.59. The second kappa shape index (κ2) is 5.93. The molecule has 1 heterocycles. The Morgan fingerprint density at radius 2 is 2.00 bits per heavy atom. The van der Waals surface area contributed by atoms with Crippen LogP contribution in [0.25, 0.3) is 0 Å². The van der Waals surface area contributed by atoms with Gasteiger partial charge in [0, 0.05) is 17.9 Å². The Morgan fingerprint density at radius 3 is 2.67 bits per heavy atom. The van der Waals surface area contributed by atoms with E-state index in [1.165, 1.54) is 0 Å². The van der Waals surface area contributed by atoms with Gasteiger partial charge in [0.05, 0.1) is 11.4 Å². The number of benzene rings is 1. The van der Waals surface area contributed by atoms with Gasteiger partial charge in [-0.3, -0.25) is 0 Å². The van der Waals surface area contributed by atoms with E-state index in [0.29, 0.717) is 18.1 Å². The Morgan fingerprint density at radius 1 is 1.28 bits per heavy atom. The molecule has 2 N–H and O–H groups in total. The lowest BCUT2D eigenvalue weighted by Crippen LogP contribution is -1.93. The lowest BCUT2D eigenvalue weighted by atomic mass is 10.3. The van der Waals surface area contributed by atoms with E-state index in [1.54, 1.807) is 23.9 Å². The van der Waals surface area contributed by atoms with Crippen molar-refractivity contribution in [1.82, 2.24) is 4.98 Å². The van der Waals surface area contributed by atoms with Gasteiger partial charge in [-0.05, 0) is 31.2 Å². The molecule has 0 amide bonds. The van der Waals surface area contributed by atoms with Gasteiger partial charge in [0.15, 0.2) is 0 Å². The SMILES string of the molecule is Cc1oc(CSc2ccc(O)cc2)nc1CCO. The molecule has 0 spiro atoms. The van der Waals surface area contributed by atoms with Gasteiger partial charge in [-0.1, -0.05) is 0 Å². The van der Waals surface area contributed by atoms with Crippen LogP contribution in [-0.2, 0) is 12.2 Å². The zero-order valence-electron chi connectivity index (χ0n) is 10.1. The smallest absolute Gasteiger partial charge is 0.204 e. The van der Waals surface area contributed by atoms with E-state index in [9.17, 15) is 5.11 Å². The van der Waals surface area contributed by atoms with Crippen molar-refractivity contribution in [3.63, 3.8) is 0 Å². The van der Waals surface area contributed by atoms with Crippen molar-refractivity contribution in [3.8, 4) is 5.75 Å². The molecule has 2 rings (SSSR count). The molecule has 0 unspecified atom stereocenters. The first kappa shape index (κ1) is 13.0. The third kappa shape index (κ3) is 3.27. The zero-order valence-corrected chi connectivity index (χ0v) is 10.9. The van der Waals surface area contributed by atoms with Crippen LogP contribution in [0.4, 0.5) is 0 Å². The van der Waals surface area contributed by atoms with Gasteiger partial charge in [-0.15, -0.1) is 11.8 Å². The molecule has 18 heavy (non-hydrogen) atoms. The summed E-state index contributed by atoms with van der Waals surface area (Å²) in [4.78, 5) is 5.38. The van der Waals surface area contributed by atoms with E-state index in [-0.39, 0.29) is 12.4 Å². The summed E-state index contributed by atoms with van der Waals surface area (Å²) in [5, 5.41) is 18.1. The Hall–Kier alpha value is -1.46. The minimum absolute atomic E-state index is 0.0813. The zero-order chi connectivity index (χ0) is 13.0. The molecule has 96 valence electrons. The molecular weight excluding hydrogens is 250 g/mol. The van der Waals surface area contributed by atoms with Crippen LogP contribution < -0.4 is 0 Å². The number of aliphatic hydroxyl groups excluding tert-OH is 1. The molecular formula is C13H15NO3S. The Bertz CT molecular complexity index is 507. The standard InChI is InChI=1S/C13H15NO3S/c1-9-12(6-7-15)14-13(17-9)8-18-11-4-2-10(16)3-5-11/h2-5,15-16H,6-8H2,1H3. The molecule has 0 aliphatic carbocycles. The first-order valence-corrected chi connectivity index (χ1v) is 6.65. The highest BCUT2D eigenvalue weighted by Crippen LogP contribution is 2.25. The number of aromatic nitrogens is 1. The topological polar surface area (TPSA) is 66.5 Å². The molecule has 0 bridgehead atoms. The molecule has 0 saturated carbocycles. The van der Waals surface area contributed by atoms with Crippen LogP contribution in [0.1, 0.15) is 17.3 Å². The normalized spacial score (nSPS) is 10.8. The summed E-state index contributed by atoms with van der Waals surface area (Å²) in [5.41, 5.74) is 0.818. The highest BCUT2D eigenvalue weighted by atomic mass is 32.2. The number of oxazole rings is 1. The summed E-state index contributed by atoms with van der Waals surface area (Å²) in [6.45, 7) is 1.94. The fraction of sp³-hybridized carbons (Fsp3) is 0.308. The Balaban J connectivity index is 1.97. The highest BCUT2D eigenvalue weighted by Gasteiger charge is 2.09. The predicted octanol–water partition coefficient (Wildman–Crippen LogP) is 2.52. The van der Waals surface area contributed by atoms with E-state index in [1.807, 2.05) is 19.1 Å². The monoisotopic (exact) mass is 265 g/mol. The van der Waals surface area contributed by atoms with E-state index in [4.69, 9.17) is 9.52 Å². The number of rotatable bonds is 5. The molecule has 2 aromatic rings. The number of thioether (sulfide) groups is 1. The van der Waals surface area contributed by atoms with Crippen LogP contribution in [0.2, 0.25) is 0 Å². The predicted molar refractivity (Wildman–Crippen MR) is 69.7 cm³/mol. The molecule has 4 nitrogen and oxygen atoms in total. The van der Waals surface area contributed by atoms with Gasteiger partial charge >= 0.3 is 0 Å². The van der Waals surface area contributed by atoms with Gasteiger partial charge in [-0.2, -0.15) is 0 Å². The van der Waals surface area contributed by atoms with Crippen molar-refractivity contribution in [2.24, 2.45) is 0 Å². The van der Waals surface area contributed by atoms with Crippen molar-refractivity contribution < 1.29 is 14.6 Å². The van der Waals surface area contributed by atoms with E-state index in [2.05, 4.69) is 4.98 Å². The van der Waals surface area contributed by atoms with Gasteiger partial charge in [0.25, 0.3) is 0 Å². The van der Waals surface area contributed by atoms with E-state index < -0.39 is 0 Å². The van der Waals surface area contributed by atoms with Crippen molar-refractivity contribution in [3.05, 3.63) is 41.6 Å². The van der Waals surface area contributed by atoms with Crippen molar-refractivity contribution in [2.45, 2.75) is 24.0 Å². The number of phenols is 1. The van der Waals surface area contributed by atoms with Crippen LogP contribution in [0.5, 0.6) is 5.75 Å². The second-order valence-corrected chi connectivity index (χ2v) is 4.92. The largest absolute Gasteiger partial charge is 0.508 e. The Kier molecular flexibility index (Phi) is 4.28. The first-order chi connectivity index (χ1) is 8.69. The molecule has 1 aromatic heterocycles. The number of aliphatic hydroxyl groups is 1. The molecule has 0 aliphatic rings. The van der Waals surface area contributed by atoms with Crippen molar-refractivity contribution >= 4 is 11.8 Å². The molecule has 1 aromatic carbocycles. The number of hydrogen-bond donors (Lipinski definition) is 2. The Labute approximate surface area is 110 Å². The highest BCUT2D eigenvalue weighted by molar-refractivity contribution is 7.98. The van der Waals surface area contributed by atoms with Crippen LogP contribution in [0, 0.1) is 6.92 Å². The number of aryl methyl sites for hydroxylation is 1. The number of phenolic OH excluding ortho intramolecular Hbond substituents is 1. The maximum absolute atomic E-state index is 9.18. The molecule has 5 heteroatoms. The third-order valence-electron chi connectivity index (χ3n) is 2.48. The molecule has 0 radical (unpaired) electrons. The van der Waals surface area contributed by atoms with E-state index in [0.717, 1.165) is 16.3 Å². The average Bonchev–Trinajstić information content (AvgIpc) is 2.70. The molecule has 0 fully saturated rings. The lowest BCUT2D eigenvalue weighted by molar-refractivity contribution is 0.297. The van der Waals surface area contributed by atoms with Crippen LogP contribution in [0.3, 0.4) is 0 Å². The molecule has 0 atom stereocenters. The number of nitrogens with zero attached hydrogens (tertiary/aromatic N) is 1. The van der Waals surface area contributed by atoms with Gasteiger partial charge < -0.3 is 14.6 Å². The summed E-state index contributed by atoms with van der Waals surface area (Å²) in [6.07, 6.45) is 0.527. The van der Waals surface area contributed by atoms with Crippen molar-refractivity contribution in [2.75, 3.05) is 6.61 Å². The minimum atomic E-state index is 0.0813. The van der Waals surface area contributed by atoms with E-state index >= 15 is 0 Å². The van der Waals surface area contributed by atoms with Gasteiger partial charge in [0.2, 0.25) is 5.89 Å². The lowest BCUT2D eigenvalue weighted by Gasteiger charge is -1.98. The maximum atomic E-state index is 9.18. The molecule has 0 saturated heterocycles. The van der Waals surface area contributed by atoms with Crippen LogP contribution >= 0.6 is 11.8 Å². The number of hydrogen-bond acceptors (Lipinski definition) is 5. The van der Waals surface area contributed by atoms with Crippen LogP contribution in [-0.4, -0.2) is 21.8 Å². The molecule has 0 aliphatic heterocycles. The average molecular weight is 265 g/mol. The summed E-state index contributed by atoms with van der Waals surface area (Å²) < 4.78 is 5.52. The quantitative estimate of drug-likeness (QED) is 0.813. The minimum Gasteiger partial charge on any atom is -0.508 e.